The van der Waals surface area contributed by atoms with Crippen LogP contribution in [-0.4, -0.2) is 37.6 Å². The molecule has 0 spiro atoms. The van der Waals surface area contributed by atoms with Crippen molar-refractivity contribution in [2.45, 2.75) is 12.8 Å². The molecule has 94 valence electrons. The number of carbonyl (C=O) groups is 1. The number of nitrogens with zero attached hydrogens (tertiary/aromatic N) is 1. The summed E-state index contributed by atoms with van der Waals surface area (Å²) >= 11 is 4.92. The Labute approximate surface area is 114 Å². The van der Waals surface area contributed by atoms with E-state index in [1.54, 1.807) is 11.3 Å². The number of carbonyl (C=O) groups excluding carboxylic acids is 1. The molecule has 1 aromatic heterocycles. The number of rotatable bonds is 3. The third-order valence-electron chi connectivity index (χ3n) is 3.03. The average molecular weight is 318 g/mol. The van der Waals surface area contributed by atoms with Crippen LogP contribution in [0.25, 0.3) is 0 Å². The van der Waals surface area contributed by atoms with Crippen molar-refractivity contribution < 1.29 is 9.53 Å². The maximum atomic E-state index is 12.1. The molecule has 0 radical (unpaired) electrons. The van der Waals surface area contributed by atoms with Crippen LogP contribution in [0.5, 0.6) is 0 Å². The zero-order valence-corrected chi connectivity index (χ0v) is 12.2. The second kappa shape index (κ2) is 5.98. The minimum atomic E-state index is 0.110. The van der Waals surface area contributed by atoms with Crippen molar-refractivity contribution in [3.63, 3.8) is 0 Å². The van der Waals surface area contributed by atoms with E-state index in [0.717, 1.165) is 42.0 Å². The first kappa shape index (κ1) is 13.1. The lowest BCUT2D eigenvalue weighted by Gasteiger charge is -2.27. The van der Waals surface area contributed by atoms with Crippen LogP contribution < -0.4 is 0 Å². The number of halogens is 1. The lowest BCUT2D eigenvalue weighted by atomic mass is 10.00. The minimum Gasteiger partial charge on any atom is -0.381 e. The Morgan fingerprint density at radius 2 is 2.29 bits per heavy atom. The predicted molar refractivity (Wildman–Crippen MR) is 72.5 cm³/mol. The first-order chi connectivity index (χ1) is 8.16. The molecule has 1 saturated heterocycles. The molecule has 0 unspecified atom stereocenters. The van der Waals surface area contributed by atoms with Gasteiger partial charge in [0.15, 0.2) is 0 Å². The largest absolute Gasteiger partial charge is 0.381 e. The summed E-state index contributed by atoms with van der Waals surface area (Å²) in [5.41, 5.74) is 0.774. The highest BCUT2D eigenvalue weighted by Gasteiger charge is 2.19. The maximum Gasteiger partial charge on any atom is 0.254 e. The van der Waals surface area contributed by atoms with Crippen LogP contribution in [0.1, 0.15) is 23.2 Å². The van der Waals surface area contributed by atoms with Gasteiger partial charge in [0.2, 0.25) is 0 Å². The monoisotopic (exact) mass is 317 g/mol. The van der Waals surface area contributed by atoms with Gasteiger partial charge in [-0.3, -0.25) is 4.79 Å². The van der Waals surface area contributed by atoms with E-state index in [-0.39, 0.29) is 5.91 Å². The molecule has 1 aliphatic rings. The quantitative estimate of drug-likeness (QED) is 0.857. The fraction of sp³-hybridized carbons (Fsp3) is 0.583. The Hall–Kier alpha value is -0.390. The molecule has 1 aliphatic heterocycles. The molecule has 0 bridgehead atoms. The second-order valence-electron chi connectivity index (χ2n) is 4.38. The summed E-state index contributed by atoms with van der Waals surface area (Å²) in [6, 6.07) is 1.88. The molecule has 1 amide bonds. The zero-order chi connectivity index (χ0) is 12.3. The van der Waals surface area contributed by atoms with E-state index in [2.05, 4.69) is 15.9 Å². The number of ether oxygens (including phenoxy) is 1. The van der Waals surface area contributed by atoms with Crippen LogP contribution in [0.2, 0.25) is 0 Å². The van der Waals surface area contributed by atoms with Gasteiger partial charge in [-0.15, -0.1) is 11.3 Å². The average Bonchev–Trinajstić information content (AvgIpc) is 2.76. The highest BCUT2D eigenvalue weighted by Crippen LogP contribution is 2.22. The number of hydrogen-bond donors (Lipinski definition) is 0. The molecule has 0 atom stereocenters. The topological polar surface area (TPSA) is 29.5 Å². The van der Waals surface area contributed by atoms with Gasteiger partial charge in [-0.25, -0.2) is 0 Å². The van der Waals surface area contributed by atoms with Crippen LogP contribution in [0.4, 0.5) is 0 Å². The van der Waals surface area contributed by atoms with E-state index in [0.29, 0.717) is 5.92 Å². The van der Waals surface area contributed by atoms with Gasteiger partial charge in [-0.1, -0.05) is 0 Å². The summed E-state index contributed by atoms with van der Waals surface area (Å²) in [6.45, 7) is 2.49. The van der Waals surface area contributed by atoms with E-state index in [9.17, 15) is 4.79 Å². The Morgan fingerprint density at radius 1 is 1.59 bits per heavy atom. The smallest absolute Gasteiger partial charge is 0.254 e. The normalized spacial score (nSPS) is 17.1. The molecule has 3 nitrogen and oxygen atoms in total. The third-order valence-corrected chi connectivity index (χ3v) is 4.54. The lowest BCUT2D eigenvalue weighted by molar-refractivity contribution is 0.0497. The molecule has 17 heavy (non-hydrogen) atoms. The van der Waals surface area contributed by atoms with E-state index in [4.69, 9.17) is 4.74 Å². The molecule has 5 heteroatoms. The van der Waals surface area contributed by atoms with Crippen LogP contribution in [0, 0.1) is 5.92 Å². The van der Waals surface area contributed by atoms with E-state index >= 15 is 0 Å². The van der Waals surface area contributed by atoms with Gasteiger partial charge in [-0.05, 0) is 40.8 Å². The van der Waals surface area contributed by atoms with Crippen molar-refractivity contribution in [3.8, 4) is 0 Å². The number of amides is 1. The Kier molecular flexibility index (Phi) is 4.59. The third kappa shape index (κ3) is 3.53. The predicted octanol–water partition coefficient (Wildman–Crippen LogP) is 3.01. The molecule has 2 heterocycles. The van der Waals surface area contributed by atoms with Crippen LogP contribution in [-0.2, 0) is 4.74 Å². The summed E-state index contributed by atoms with van der Waals surface area (Å²) in [7, 11) is 1.88. The molecule has 0 saturated carbocycles. The van der Waals surface area contributed by atoms with Gasteiger partial charge < -0.3 is 9.64 Å². The van der Waals surface area contributed by atoms with Gasteiger partial charge in [-0.2, -0.15) is 0 Å². The molecule has 1 fully saturated rings. The zero-order valence-electron chi connectivity index (χ0n) is 9.82. The van der Waals surface area contributed by atoms with Gasteiger partial charge in [0.1, 0.15) is 0 Å². The Morgan fingerprint density at radius 3 is 2.88 bits per heavy atom. The van der Waals surface area contributed by atoms with Gasteiger partial charge in [0, 0.05) is 32.2 Å². The SMILES string of the molecule is CN(CC1CCOCC1)C(=O)c1csc(Br)c1. The molecule has 0 aromatic carbocycles. The second-order valence-corrected chi connectivity index (χ2v) is 6.67. The molecular formula is C12H16BrNO2S. The van der Waals surface area contributed by atoms with E-state index in [1.165, 1.54) is 0 Å². The number of hydrogen-bond acceptors (Lipinski definition) is 3. The highest BCUT2D eigenvalue weighted by molar-refractivity contribution is 9.11. The summed E-state index contributed by atoms with van der Waals surface area (Å²) in [6.07, 6.45) is 2.12. The fourth-order valence-corrected chi connectivity index (χ4v) is 3.17. The van der Waals surface area contributed by atoms with Gasteiger partial charge in [0.25, 0.3) is 5.91 Å². The van der Waals surface area contributed by atoms with Crippen LogP contribution >= 0.6 is 27.3 Å². The first-order valence-electron chi connectivity index (χ1n) is 5.74. The van der Waals surface area contributed by atoms with Crippen molar-refractivity contribution in [2.24, 2.45) is 5.92 Å². The van der Waals surface area contributed by atoms with E-state index in [1.807, 2.05) is 23.4 Å². The standard InChI is InChI=1S/C12H16BrNO2S/c1-14(7-9-2-4-16-5-3-9)12(15)10-6-11(13)17-8-10/h6,8-9H,2-5,7H2,1H3. The summed E-state index contributed by atoms with van der Waals surface area (Å²) in [4.78, 5) is 13.9. The minimum absolute atomic E-state index is 0.110. The summed E-state index contributed by atoms with van der Waals surface area (Å²) in [5, 5.41) is 1.90. The molecule has 0 N–H and O–H groups in total. The van der Waals surface area contributed by atoms with Crippen molar-refractivity contribution in [1.29, 1.82) is 0 Å². The fourth-order valence-electron chi connectivity index (χ4n) is 2.04. The summed E-state index contributed by atoms with van der Waals surface area (Å²) < 4.78 is 6.32. The highest BCUT2D eigenvalue weighted by atomic mass is 79.9. The first-order valence-corrected chi connectivity index (χ1v) is 7.41. The maximum absolute atomic E-state index is 12.1. The van der Waals surface area contributed by atoms with Crippen LogP contribution in [0.3, 0.4) is 0 Å². The van der Waals surface area contributed by atoms with Crippen molar-refractivity contribution in [1.82, 2.24) is 4.90 Å². The van der Waals surface area contributed by atoms with Crippen molar-refractivity contribution >= 4 is 33.2 Å². The lowest BCUT2D eigenvalue weighted by Crippen LogP contribution is -2.33. The Bertz CT molecular complexity index is 388. The van der Waals surface area contributed by atoms with Gasteiger partial charge >= 0.3 is 0 Å². The summed E-state index contributed by atoms with van der Waals surface area (Å²) in [5.74, 6) is 0.693. The molecule has 0 aliphatic carbocycles. The van der Waals surface area contributed by atoms with E-state index < -0.39 is 0 Å². The van der Waals surface area contributed by atoms with Crippen molar-refractivity contribution in [2.75, 3.05) is 26.8 Å². The Balaban J connectivity index is 1.90. The molecule has 2 rings (SSSR count). The van der Waals surface area contributed by atoms with Crippen molar-refractivity contribution in [3.05, 3.63) is 20.8 Å². The van der Waals surface area contributed by atoms with Gasteiger partial charge in [0.05, 0.1) is 9.35 Å². The molecule has 1 aromatic rings. The molecular weight excluding hydrogens is 302 g/mol. The number of thiophene rings is 1. The van der Waals surface area contributed by atoms with Crippen LogP contribution in [0.15, 0.2) is 15.2 Å².